The molecule has 5 rings (SSSR count). The smallest absolute Gasteiger partial charge is 0.232 e. The van der Waals surface area contributed by atoms with Crippen molar-refractivity contribution in [2.24, 2.45) is 17.4 Å². The number of thiophene rings is 1. The molecule has 0 spiro atoms. The maximum atomic E-state index is 11.8. The van der Waals surface area contributed by atoms with Crippen molar-refractivity contribution in [1.82, 2.24) is 9.88 Å². The van der Waals surface area contributed by atoms with E-state index in [0.717, 1.165) is 41.8 Å². The van der Waals surface area contributed by atoms with Crippen LogP contribution in [0.15, 0.2) is 22.5 Å². The third kappa shape index (κ3) is 2.61. The van der Waals surface area contributed by atoms with Crippen LogP contribution in [0.4, 0.5) is 0 Å². The van der Waals surface area contributed by atoms with E-state index in [4.69, 9.17) is 16.5 Å². The molecule has 2 aromatic rings. The lowest BCUT2D eigenvalue weighted by molar-refractivity contribution is -0.117. The molecule has 4 N–H and O–H groups in total. The van der Waals surface area contributed by atoms with Gasteiger partial charge in [0.1, 0.15) is 10.3 Å². The van der Waals surface area contributed by atoms with Gasteiger partial charge in [0.15, 0.2) is 0 Å². The average molecular weight is 373 g/mol. The first-order valence-corrected chi connectivity index (χ1v) is 10.4. The van der Waals surface area contributed by atoms with Gasteiger partial charge in [0.25, 0.3) is 0 Å². The maximum Gasteiger partial charge on any atom is 0.232 e. The van der Waals surface area contributed by atoms with Gasteiger partial charge >= 0.3 is 0 Å². The number of nitrogens with zero attached hydrogens (tertiary/aromatic N) is 2. The fourth-order valence-corrected chi connectivity index (χ4v) is 5.91. The molecule has 2 aliphatic heterocycles. The Kier molecular flexibility index (Phi) is 3.67. The van der Waals surface area contributed by atoms with Gasteiger partial charge in [-0.3, -0.25) is 9.69 Å². The Morgan fingerprint density at radius 3 is 2.88 bits per heavy atom. The summed E-state index contributed by atoms with van der Waals surface area (Å²) in [7, 11) is 0. The van der Waals surface area contributed by atoms with Gasteiger partial charge in [0.2, 0.25) is 5.91 Å². The zero-order valence-corrected chi connectivity index (χ0v) is 15.4. The lowest BCUT2D eigenvalue weighted by atomic mass is 9.95. The van der Waals surface area contributed by atoms with E-state index in [9.17, 15) is 4.79 Å². The van der Waals surface area contributed by atoms with E-state index in [0.29, 0.717) is 0 Å². The van der Waals surface area contributed by atoms with Crippen molar-refractivity contribution in [3.05, 3.63) is 34.3 Å². The van der Waals surface area contributed by atoms with Crippen LogP contribution in [-0.2, 0) is 17.9 Å². The Hall–Kier alpha value is -1.41. The van der Waals surface area contributed by atoms with Crippen LogP contribution in [0, 0.1) is 5.92 Å². The molecule has 5 nitrogen and oxygen atoms in total. The molecule has 1 aliphatic carbocycles. The van der Waals surface area contributed by atoms with Crippen molar-refractivity contribution >= 4 is 29.0 Å². The lowest BCUT2D eigenvalue weighted by Crippen LogP contribution is -2.33. The Bertz CT molecular complexity index is 847. The molecule has 2 atom stereocenters. The van der Waals surface area contributed by atoms with E-state index in [1.807, 2.05) is 0 Å². The van der Waals surface area contributed by atoms with Crippen LogP contribution < -0.4 is 11.5 Å². The number of hydrogen-bond acceptors (Lipinski definition) is 6. The van der Waals surface area contributed by atoms with E-state index in [1.165, 1.54) is 40.6 Å². The van der Waals surface area contributed by atoms with Crippen LogP contribution in [-0.4, -0.2) is 27.6 Å². The van der Waals surface area contributed by atoms with Gasteiger partial charge in [-0.25, -0.2) is 4.98 Å². The van der Waals surface area contributed by atoms with Gasteiger partial charge in [-0.1, -0.05) is 17.8 Å². The van der Waals surface area contributed by atoms with Crippen molar-refractivity contribution in [3.8, 4) is 10.4 Å². The molecule has 0 bridgehead atoms. The molecule has 3 aliphatic rings. The first kappa shape index (κ1) is 15.8. The standard InChI is InChI=1S/C18H20N4OS2/c19-15-14-13(12-2-1-5-24-12)10-7-22(6-9-3-4-9)8-11(10)21-18(14)25-16(15)17(20)23/h1-2,5,9,15-16H,3-4,6-8,19H2,(H2,20,23). The molecule has 0 aromatic carbocycles. The van der Waals surface area contributed by atoms with Crippen LogP contribution in [0.2, 0.25) is 0 Å². The summed E-state index contributed by atoms with van der Waals surface area (Å²) in [6.07, 6.45) is 2.71. The number of aromatic nitrogens is 1. The number of amides is 1. The third-order valence-electron chi connectivity index (χ3n) is 5.30. The predicted octanol–water partition coefficient (Wildman–Crippen LogP) is 2.50. The summed E-state index contributed by atoms with van der Waals surface area (Å²) < 4.78 is 0. The van der Waals surface area contributed by atoms with Crippen LogP contribution >= 0.6 is 23.1 Å². The molecule has 25 heavy (non-hydrogen) atoms. The largest absolute Gasteiger partial charge is 0.369 e. The zero-order chi connectivity index (χ0) is 17.1. The van der Waals surface area contributed by atoms with E-state index in [-0.39, 0.29) is 11.9 Å². The summed E-state index contributed by atoms with van der Waals surface area (Å²) in [5.74, 6) is 0.505. The van der Waals surface area contributed by atoms with Crippen molar-refractivity contribution in [2.45, 2.75) is 42.2 Å². The molecule has 2 aromatic heterocycles. The molecule has 0 radical (unpaired) electrons. The normalized spacial score (nSPS) is 25.2. The minimum Gasteiger partial charge on any atom is -0.369 e. The van der Waals surface area contributed by atoms with Gasteiger partial charge in [0, 0.05) is 35.6 Å². The van der Waals surface area contributed by atoms with Gasteiger partial charge in [0.05, 0.1) is 11.7 Å². The first-order valence-electron chi connectivity index (χ1n) is 8.65. The molecule has 4 heterocycles. The number of rotatable bonds is 4. The van der Waals surface area contributed by atoms with Crippen LogP contribution in [0.1, 0.15) is 35.7 Å². The summed E-state index contributed by atoms with van der Waals surface area (Å²) in [5.41, 5.74) is 16.7. The second-order valence-electron chi connectivity index (χ2n) is 7.19. The SMILES string of the molecule is NC(=O)C1Sc2nc3c(c(-c4cccs4)c2C1N)CN(CC1CC1)C3. The fourth-order valence-electron chi connectivity index (χ4n) is 3.93. The average Bonchev–Trinajstić information content (AvgIpc) is 2.99. The summed E-state index contributed by atoms with van der Waals surface area (Å²) in [5, 5.41) is 2.56. The summed E-state index contributed by atoms with van der Waals surface area (Å²) in [6.45, 7) is 2.99. The zero-order valence-electron chi connectivity index (χ0n) is 13.8. The second-order valence-corrected chi connectivity index (χ2v) is 9.27. The first-order chi connectivity index (χ1) is 12.1. The van der Waals surface area contributed by atoms with Crippen molar-refractivity contribution in [1.29, 1.82) is 0 Å². The highest BCUT2D eigenvalue weighted by Crippen LogP contribution is 2.50. The highest BCUT2D eigenvalue weighted by atomic mass is 32.2. The number of primary amides is 1. The number of fused-ring (bicyclic) bond motifs is 2. The fraction of sp³-hybridized carbons (Fsp3) is 0.444. The second kappa shape index (κ2) is 5.81. The van der Waals surface area contributed by atoms with E-state index >= 15 is 0 Å². The number of thioether (sulfide) groups is 1. The van der Waals surface area contributed by atoms with Gasteiger partial charge in [-0.05, 0) is 35.8 Å². The molecule has 0 saturated heterocycles. The Balaban J connectivity index is 1.62. The summed E-state index contributed by atoms with van der Waals surface area (Å²) >= 11 is 3.15. The Morgan fingerprint density at radius 1 is 1.36 bits per heavy atom. The van der Waals surface area contributed by atoms with Crippen molar-refractivity contribution in [2.75, 3.05) is 6.54 Å². The molecule has 2 unspecified atom stereocenters. The Labute approximate surface area is 154 Å². The van der Waals surface area contributed by atoms with Crippen molar-refractivity contribution < 1.29 is 4.79 Å². The van der Waals surface area contributed by atoms with Crippen LogP contribution in [0.25, 0.3) is 10.4 Å². The Morgan fingerprint density at radius 2 is 2.20 bits per heavy atom. The molecule has 1 fully saturated rings. The predicted molar refractivity (Wildman–Crippen MR) is 100 cm³/mol. The minimum absolute atomic E-state index is 0.358. The molecule has 1 saturated carbocycles. The van der Waals surface area contributed by atoms with E-state index in [1.54, 1.807) is 11.3 Å². The van der Waals surface area contributed by atoms with Crippen LogP contribution in [0.5, 0.6) is 0 Å². The quantitative estimate of drug-likeness (QED) is 0.861. The molecule has 1 amide bonds. The minimum atomic E-state index is -0.425. The topological polar surface area (TPSA) is 85.2 Å². The summed E-state index contributed by atoms with van der Waals surface area (Å²) in [6, 6.07) is 3.82. The molecule has 130 valence electrons. The molecular weight excluding hydrogens is 352 g/mol. The molecule has 7 heteroatoms. The number of nitrogens with two attached hydrogens (primary N) is 2. The monoisotopic (exact) mass is 372 g/mol. The van der Waals surface area contributed by atoms with E-state index in [2.05, 4.69) is 22.4 Å². The van der Waals surface area contributed by atoms with Gasteiger partial charge in [-0.2, -0.15) is 0 Å². The lowest BCUT2D eigenvalue weighted by Gasteiger charge is -2.17. The van der Waals surface area contributed by atoms with Gasteiger partial charge in [-0.15, -0.1) is 11.3 Å². The molecular formula is C18H20N4OS2. The highest BCUT2D eigenvalue weighted by Gasteiger charge is 2.41. The van der Waals surface area contributed by atoms with E-state index < -0.39 is 5.25 Å². The van der Waals surface area contributed by atoms with Crippen LogP contribution in [0.3, 0.4) is 0 Å². The number of pyridine rings is 1. The summed E-state index contributed by atoms with van der Waals surface area (Å²) in [4.78, 5) is 20.4. The maximum absolute atomic E-state index is 11.8. The number of hydrogen-bond donors (Lipinski definition) is 2. The highest BCUT2D eigenvalue weighted by molar-refractivity contribution is 8.01. The third-order valence-corrected chi connectivity index (χ3v) is 7.50. The van der Waals surface area contributed by atoms with Crippen molar-refractivity contribution in [3.63, 3.8) is 0 Å². The number of carbonyl (C=O) groups is 1. The van der Waals surface area contributed by atoms with Gasteiger partial charge < -0.3 is 11.5 Å². The number of carbonyl (C=O) groups excluding carboxylic acids is 1.